The maximum Gasteiger partial charge on any atom is 0.236 e. The van der Waals surface area contributed by atoms with Crippen LogP contribution < -0.4 is 5.73 Å². The van der Waals surface area contributed by atoms with E-state index in [1.807, 2.05) is 15.5 Å². The van der Waals surface area contributed by atoms with Crippen LogP contribution in [0.25, 0.3) is 5.65 Å². The third kappa shape index (κ3) is 2.61. The summed E-state index contributed by atoms with van der Waals surface area (Å²) in [6.07, 6.45) is 5.59. The molecule has 0 aromatic carbocycles. The first-order chi connectivity index (χ1) is 11.2. The van der Waals surface area contributed by atoms with Crippen LogP contribution in [-0.4, -0.2) is 38.5 Å². The number of rotatable bonds is 3. The molecule has 1 saturated carbocycles. The Hall–Kier alpha value is -1.95. The van der Waals surface area contributed by atoms with Gasteiger partial charge in [0.15, 0.2) is 5.65 Å². The number of fused-ring (bicyclic) bond motifs is 1. The molecular formula is C17H23N5O. The van der Waals surface area contributed by atoms with Crippen LogP contribution in [0.2, 0.25) is 0 Å². The summed E-state index contributed by atoms with van der Waals surface area (Å²) in [4.78, 5) is 18.8. The number of carbonyl (C=O) groups excluding carboxylic acids is 1. The van der Waals surface area contributed by atoms with Crippen molar-refractivity contribution in [3.63, 3.8) is 0 Å². The summed E-state index contributed by atoms with van der Waals surface area (Å²) in [5, 5.41) is 4.74. The van der Waals surface area contributed by atoms with Crippen molar-refractivity contribution in [2.75, 3.05) is 13.1 Å². The molecule has 6 heteroatoms. The van der Waals surface area contributed by atoms with Crippen LogP contribution in [0.3, 0.4) is 0 Å². The molecule has 1 unspecified atom stereocenters. The Morgan fingerprint density at radius 2 is 2.09 bits per heavy atom. The van der Waals surface area contributed by atoms with Gasteiger partial charge in [0, 0.05) is 29.9 Å². The summed E-state index contributed by atoms with van der Waals surface area (Å²) in [6.45, 7) is 2.91. The summed E-state index contributed by atoms with van der Waals surface area (Å²) in [7, 11) is 0. The second-order valence-corrected chi connectivity index (χ2v) is 6.74. The SMILES string of the molecule is Cc1cc(C2CC2)nc2cc(C3CCCCN3C(=O)CN)nn12. The van der Waals surface area contributed by atoms with Gasteiger partial charge in [-0.2, -0.15) is 5.10 Å². The van der Waals surface area contributed by atoms with Gasteiger partial charge < -0.3 is 10.6 Å². The number of nitrogens with zero attached hydrogens (tertiary/aromatic N) is 4. The van der Waals surface area contributed by atoms with E-state index in [0.717, 1.165) is 42.8 Å². The van der Waals surface area contributed by atoms with E-state index < -0.39 is 0 Å². The van der Waals surface area contributed by atoms with Gasteiger partial charge in [-0.05, 0) is 45.1 Å². The standard InChI is InChI=1S/C17H23N5O/c1-11-8-13(12-5-6-12)19-16-9-14(20-22(11)16)15-4-2-3-7-21(15)17(23)10-18/h8-9,12,15H,2-7,10,18H2,1H3. The number of amides is 1. The Labute approximate surface area is 135 Å². The molecule has 23 heavy (non-hydrogen) atoms. The molecule has 6 nitrogen and oxygen atoms in total. The van der Waals surface area contributed by atoms with E-state index >= 15 is 0 Å². The second kappa shape index (κ2) is 5.60. The van der Waals surface area contributed by atoms with Crippen molar-refractivity contribution in [2.24, 2.45) is 5.73 Å². The van der Waals surface area contributed by atoms with Gasteiger partial charge in [-0.3, -0.25) is 4.79 Å². The summed E-state index contributed by atoms with van der Waals surface area (Å²) < 4.78 is 1.90. The molecule has 2 fully saturated rings. The minimum Gasteiger partial charge on any atom is -0.333 e. The van der Waals surface area contributed by atoms with Crippen molar-refractivity contribution in [3.8, 4) is 0 Å². The van der Waals surface area contributed by atoms with E-state index in [4.69, 9.17) is 15.8 Å². The summed E-state index contributed by atoms with van der Waals surface area (Å²) >= 11 is 0. The third-order valence-corrected chi connectivity index (χ3v) is 4.98. The molecule has 0 radical (unpaired) electrons. The highest BCUT2D eigenvalue weighted by atomic mass is 16.2. The number of piperidine rings is 1. The van der Waals surface area contributed by atoms with Gasteiger partial charge in [-0.1, -0.05) is 0 Å². The Morgan fingerprint density at radius 3 is 2.83 bits per heavy atom. The van der Waals surface area contributed by atoms with Crippen molar-refractivity contribution >= 4 is 11.6 Å². The Balaban J connectivity index is 1.72. The molecule has 1 aliphatic heterocycles. The topological polar surface area (TPSA) is 76.5 Å². The fourth-order valence-electron chi connectivity index (χ4n) is 3.57. The van der Waals surface area contributed by atoms with E-state index in [-0.39, 0.29) is 18.5 Å². The van der Waals surface area contributed by atoms with Gasteiger partial charge in [-0.15, -0.1) is 0 Å². The number of hydrogen-bond acceptors (Lipinski definition) is 4. The number of hydrogen-bond donors (Lipinski definition) is 1. The van der Waals surface area contributed by atoms with Crippen molar-refractivity contribution in [2.45, 2.75) is 51.0 Å². The minimum atomic E-state index is 0.00936. The average Bonchev–Trinajstić information content (AvgIpc) is 3.33. The quantitative estimate of drug-likeness (QED) is 0.939. The predicted octanol–water partition coefficient (Wildman–Crippen LogP) is 1.93. The lowest BCUT2D eigenvalue weighted by atomic mass is 9.99. The van der Waals surface area contributed by atoms with Crippen LogP contribution in [-0.2, 0) is 4.79 Å². The molecule has 0 spiro atoms. The highest BCUT2D eigenvalue weighted by molar-refractivity contribution is 5.78. The molecule has 2 aromatic rings. The number of aromatic nitrogens is 3. The molecule has 2 aromatic heterocycles. The predicted molar refractivity (Wildman–Crippen MR) is 87.1 cm³/mol. The number of carbonyl (C=O) groups is 1. The third-order valence-electron chi connectivity index (χ3n) is 4.98. The van der Waals surface area contributed by atoms with Crippen LogP contribution in [0.15, 0.2) is 12.1 Å². The van der Waals surface area contributed by atoms with Crippen molar-refractivity contribution in [3.05, 3.63) is 29.2 Å². The van der Waals surface area contributed by atoms with E-state index in [1.54, 1.807) is 0 Å². The average molecular weight is 313 g/mol. The zero-order valence-electron chi connectivity index (χ0n) is 13.5. The van der Waals surface area contributed by atoms with E-state index in [2.05, 4.69) is 13.0 Å². The Morgan fingerprint density at radius 1 is 1.26 bits per heavy atom. The van der Waals surface area contributed by atoms with Gasteiger partial charge in [0.05, 0.1) is 18.3 Å². The van der Waals surface area contributed by atoms with Crippen LogP contribution in [0.1, 0.15) is 61.1 Å². The zero-order chi connectivity index (χ0) is 16.0. The first-order valence-electron chi connectivity index (χ1n) is 8.54. The molecule has 2 aliphatic rings. The number of aryl methyl sites for hydroxylation is 1. The summed E-state index contributed by atoms with van der Waals surface area (Å²) in [6, 6.07) is 4.22. The normalized spacial score (nSPS) is 21.8. The monoisotopic (exact) mass is 313 g/mol. The fraction of sp³-hybridized carbons (Fsp3) is 0.588. The summed E-state index contributed by atoms with van der Waals surface area (Å²) in [5.41, 5.74) is 9.70. The van der Waals surface area contributed by atoms with Gasteiger partial charge in [0.1, 0.15) is 0 Å². The number of likely N-dealkylation sites (tertiary alicyclic amines) is 1. The van der Waals surface area contributed by atoms with Crippen LogP contribution in [0, 0.1) is 6.92 Å². The molecule has 1 saturated heterocycles. The van der Waals surface area contributed by atoms with Gasteiger partial charge in [0.2, 0.25) is 5.91 Å². The molecule has 0 bridgehead atoms. The first kappa shape index (κ1) is 14.6. The zero-order valence-corrected chi connectivity index (χ0v) is 13.5. The maximum absolute atomic E-state index is 12.1. The molecule has 1 amide bonds. The van der Waals surface area contributed by atoms with Crippen molar-refractivity contribution in [1.82, 2.24) is 19.5 Å². The van der Waals surface area contributed by atoms with E-state index in [0.29, 0.717) is 5.92 Å². The van der Waals surface area contributed by atoms with Crippen molar-refractivity contribution < 1.29 is 4.79 Å². The van der Waals surface area contributed by atoms with Crippen LogP contribution >= 0.6 is 0 Å². The maximum atomic E-state index is 12.1. The first-order valence-corrected chi connectivity index (χ1v) is 8.54. The highest BCUT2D eigenvalue weighted by Crippen LogP contribution is 2.39. The lowest BCUT2D eigenvalue weighted by Crippen LogP contribution is -2.41. The lowest BCUT2D eigenvalue weighted by molar-refractivity contribution is -0.133. The minimum absolute atomic E-state index is 0.00936. The number of nitrogens with two attached hydrogens (primary N) is 1. The Bertz CT molecular complexity index is 749. The van der Waals surface area contributed by atoms with E-state index in [9.17, 15) is 4.79 Å². The molecular weight excluding hydrogens is 290 g/mol. The van der Waals surface area contributed by atoms with Gasteiger partial charge in [-0.25, -0.2) is 9.50 Å². The fourth-order valence-corrected chi connectivity index (χ4v) is 3.57. The smallest absolute Gasteiger partial charge is 0.236 e. The molecule has 4 rings (SSSR count). The molecule has 2 N–H and O–H groups in total. The van der Waals surface area contributed by atoms with Crippen LogP contribution in [0.5, 0.6) is 0 Å². The van der Waals surface area contributed by atoms with Gasteiger partial charge >= 0.3 is 0 Å². The highest BCUT2D eigenvalue weighted by Gasteiger charge is 2.30. The molecule has 1 atom stereocenters. The molecule has 122 valence electrons. The Kier molecular flexibility index (Phi) is 3.56. The van der Waals surface area contributed by atoms with Crippen molar-refractivity contribution in [1.29, 1.82) is 0 Å². The molecule has 3 heterocycles. The molecule has 1 aliphatic carbocycles. The lowest BCUT2D eigenvalue weighted by Gasteiger charge is -2.34. The summed E-state index contributed by atoms with van der Waals surface area (Å²) in [5.74, 6) is 0.636. The largest absolute Gasteiger partial charge is 0.333 e. The van der Waals surface area contributed by atoms with Crippen LogP contribution in [0.4, 0.5) is 0 Å². The van der Waals surface area contributed by atoms with Gasteiger partial charge in [0.25, 0.3) is 0 Å². The second-order valence-electron chi connectivity index (χ2n) is 6.74. The van der Waals surface area contributed by atoms with E-state index in [1.165, 1.54) is 18.5 Å².